The molecule has 13 N–H and O–H groups in total. The third-order valence-corrected chi connectivity index (χ3v) is 7.81. The normalized spacial score (nSPS) is 53.1. The van der Waals surface area contributed by atoms with Gasteiger partial charge in [-0.3, -0.25) is 0 Å². The second-order valence-corrected chi connectivity index (χ2v) is 10.7. The summed E-state index contributed by atoms with van der Waals surface area (Å²) in [6, 6.07) is 0. The third kappa shape index (κ3) is 7.13. The molecular formula is C23H40O20. The Morgan fingerprint density at radius 2 is 0.977 bits per heavy atom. The third-order valence-electron chi connectivity index (χ3n) is 7.81. The van der Waals surface area contributed by atoms with Gasteiger partial charge in [-0.25, -0.2) is 0 Å². The van der Waals surface area contributed by atoms with Gasteiger partial charge in [-0.2, -0.15) is 0 Å². The van der Waals surface area contributed by atoms with Crippen LogP contribution in [0.3, 0.4) is 0 Å². The molecule has 20 heteroatoms. The van der Waals surface area contributed by atoms with Crippen LogP contribution in [0.15, 0.2) is 0 Å². The highest BCUT2D eigenvalue weighted by molar-refractivity contribution is 4.98. The van der Waals surface area contributed by atoms with Crippen LogP contribution >= 0.6 is 0 Å². The average molecular weight is 637 g/mol. The molecule has 19 atom stereocenters. The second kappa shape index (κ2) is 14.7. The first-order valence-electron chi connectivity index (χ1n) is 13.5. The molecule has 0 aliphatic carbocycles. The molecule has 0 saturated carbocycles. The largest absolute Gasteiger partial charge is 0.394 e. The summed E-state index contributed by atoms with van der Waals surface area (Å²) in [7, 11) is 0. The molecule has 0 spiro atoms. The fourth-order valence-corrected chi connectivity index (χ4v) is 5.23. The molecule has 0 amide bonds. The Morgan fingerprint density at radius 1 is 0.442 bits per heavy atom. The van der Waals surface area contributed by atoms with Gasteiger partial charge >= 0.3 is 0 Å². The van der Waals surface area contributed by atoms with E-state index in [0.29, 0.717) is 0 Å². The summed E-state index contributed by atoms with van der Waals surface area (Å²) in [5.41, 5.74) is 0. The van der Waals surface area contributed by atoms with Crippen molar-refractivity contribution in [2.24, 2.45) is 0 Å². The van der Waals surface area contributed by atoms with Gasteiger partial charge in [-0.15, -0.1) is 0 Å². The van der Waals surface area contributed by atoms with Gasteiger partial charge in [0.05, 0.1) is 26.4 Å². The van der Waals surface area contributed by atoms with Gasteiger partial charge in [-0.1, -0.05) is 0 Å². The number of aliphatic hydroxyl groups is 13. The van der Waals surface area contributed by atoms with E-state index in [9.17, 15) is 66.4 Å². The quantitative estimate of drug-likeness (QED) is 0.112. The molecule has 0 aromatic carbocycles. The molecule has 0 aromatic heterocycles. The van der Waals surface area contributed by atoms with Crippen LogP contribution in [0.25, 0.3) is 0 Å². The molecule has 4 aliphatic heterocycles. The predicted octanol–water partition coefficient (Wildman–Crippen LogP) is -9.11. The van der Waals surface area contributed by atoms with E-state index in [1.54, 1.807) is 0 Å². The molecule has 0 bridgehead atoms. The van der Waals surface area contributed by atoms with Crippen molar-refractivity contribution < 1.29 is 99.5 Å². The van der Waals surface area contributed by atoms with E-state index < -0.39 is 143 Å². The summed E-state index contributed by atoms with van der Waals surface area (Å²) >= 11 is 0. The van der Waals surface area contributed by atoms with Gasteiger partial charge in [0.2, 0.25) is 0 Å². The fraction of sp³-hybridized carbons (Fsp3) is 1.00. The van der Waals surface area contributed by atoms with Crippen LogP contribution < -0.4 is 0 Å². The van der Waals surface area contributed by atoms with Gasteiger partial charge in [0.25, 0.3) is 0 Å². The standard InChI is InChI=1S/C23H40O20/c24-1-6-10(29)12(31)16(35)22(39-6)42-18-11(30)7(2-25)40-23(19(18)43-21-15(34)9(28)5(27)4-37-21)41-17-8(3-26)38-20(36)14(33)13(17)32/h5-36H,1-4H2/t5-,6-,7-,8-,9+,10-,11-,12+,13-,14-,15-,16-,17+,18+,19-,20?,21+,22+,23+/m1/s1. The summed E-state index contributed by atoms with van der Waals surface area (Å²) in [6.45, 7) is -3.11. The smallest absolute Gasteiger partial charge is 0.187 e. The number of ether oxygens (including phenoxy) is 7. The molecule has 4 rings (SSSR count). The van der Waals surface area contributed by atoms with Gasteiger partial charge in [-0.05, 0) is 0 Å². The first kappa shape index (κ1) is 35.1. The molecular weight excluding hydrogens is 596 g/mol. The minimum absolute atomic E-state index is 0.534. The molecule has 0 radical (unpaired) electrons. The molecule has 252 valence electrons. The topological polar surface area (TPSA) is 328 Å². The summed E-state index contributed by atoms with van der Waals surface area (Å²) in [5, 5.41) is 132. The Morgan fingerprint density at radius 3 is 1.60 bits per heavy atom. The maximum Gasteiger partial charge on any atom is 0.187 e. The van der Waals surface area contributed by atoms with Crippen molar-refractivity contribution in [1.29, 1.82) is 0 Å². The lowest BCUT2D eigenvalue weighted by Crippen LogP contribution is -2.68. The van der Waals surface area contributed by atoms with Crippen LogP contribution in [0.4, 0.5) is 0 Å². The van der Waals surface area contributed by atoms with E-state index in [4.69, 9.17) is 33.2 Å². The molecule has 4 aliphatic rings. The minimum Gasteiger partial charge on any atom is -0.394 e. The van der Waals surface area contributed by atoms with Gasteiger partial charge in [0.1, 0.15) is 91.6 Å². The van der Waals surface area contributed by atoms with E-state index in [2.05, 4.69) is 0 Å². The van der Waals surface area contributed by atoms with E-state index in [1.807, 2.05) is 0 Å². The van der Waals surface area contributed by atoms with Crippen molar-refractivity contribution in [2.75, 3.05) is 26.4 Å². The Bertz CT molecular complexity index is 867. The predicted molar refractivity (Wildman–Crippen MR) is 128 cm³/mol. The van der Waals surface area contributed by atoms with Crippen molar-refractivity contribution in [2.45, 2.75) is 117 Å². The van der Waals surface area contributed by atoms with Crippen LogP contribution in [0.1, 0.15) is 0 Å². The van der Waals surface area contributed by atoms with Crippen molar-refractivity contribution in [1.82, 2.24) is 0 Å². The van der Waals surface area contributed by atoms with Gasteiger partial charge in [0.15, 0.2) is 25.2 Å². The minimum atomic E-state index is -1.97. The zero-order valence-corrected chi connectivity index (χ0v) is 22.5. The van der Waals surface area contributed by atoms with Crippen LogP contribution in [0.5, 0.6) is 0 Å². The second-order valence-electron chi connectivity index (χ2n) is 10.7. The molecule has 4 fully saturated rings. The first-order valence-corrected chi connectivity index (χ1v) is 13.5. The van der Waals surface area contributed by atoms with Crippen molar-refractivity contribution in [3.8, 4) is 0 Å². The lowest BCUT2D eigenvalue weighted by atomic mass is 9.95. The van der Waals surface area contributed by atoms with Crippen LogP contribution in [-0.2, 0) is 33.2 Å². The van der Waals surface area contributed by atoms with Crippen LogP contribution in [0, 0.1) is 0 Å². The van der Waals surface area contributed by atoms with Gasteiger partial charge < -0.3 is 99.5 Å². The lowest BCUT2D eigenvalue weighted by Gasteiger charge is -2.50. The molecule has 43 heavy (non-hydrogen) atoms. The highest BCUT2D eigenvalue weighted by Crippen LogP contribution is 2.35. The summed E-state index contributed by atoms with van der Waals surface area (Å²) in [5.74, 6) is 0. The van der Waals surface area contributed by atoms with E-state index in [0.717, 1.165) is 0 Å². The van der Waals surface area contributed by atoms with Crippen molar-refractivity contribution in [3.63, 3.8) is 0 Å². The average Bonchev–Trinajstić information content (AvgIpc) is 2.99. The van der Waals surface area contributed by atoms with Crippen LogP contribution in [-0.4, -0.2) is 210 Å². The number of aliphatic hydroxyl groups excluding tert-OH is 13. The Hall–Kier alpha value is -0.800. The molecule has 4 heterocycles. The highest BCUT2D eigenvalue weighted by atomic mass is 16.8. The highest BCUT2D eigenvalue weighted by Gasteiger charge is 2.55. The summed E-state index contributed by atoms with van der Waals surface area (Å²) in [6.07, 6.45) is -33.8. The SMILES string of the molecule is OC[C@H]1O[C@@H](O[C@H]2[C@H](O)[C@@H](CO)O[C@@H](O[C@@H]3[C@H](O)[C@@H](O)C(O)O[C@@H]3CO)[C@@H]2O[C@@H]2OC[C@@H](O)[C@H](O)[C@H]2O)[C@H](O)[C@@H](O)[C@@H]1O. The maximum atomic E-state index is 11.1. The van der Waals surface area contributed by atoms with Gasteiger partial charge in [0, 0.05) is 0 Å². The summed E-state index contributed by atoms with van der Waals surface area (Å²) < 4.78 is 38.6. The molecule has 20 nitrogen and oxygen atoms in total. The fourth-order valence-electron chi connectivity index (χ4n) is 5.23. The first-order chi connectivity index (χ1) is 20.3. The van der Waals surface area contributed by atoms with E-state index in [1.165, 1.54) is 0 Å². The van der Waals surface area contributed by atoms with E-state index in [-0.39, 0.29) is 0 Å². The summed E-state index contributed by atoms with van der Waals surface area (Å²) in [4.78, 5) is 0. The molecule has 4 saturated heterocycles. The monoisotopic (exact) mass is 636 g/mol. The molecule has 0 aromatic rings. The van der Waals surface area contributed by atoms with Crippen molar-refractivity contribution in [3.05, 3.63) is 0 Å². The lowest BCUT2D eigenvalue weighted by molar-refractivity contribution is -0.401. The number of hydrogen-bond acceptors (Lipinski definition) is 20. The zero-order chi connectivity index (χ0) is 31.7. The van der Waals surface area contributed by atoms with E-state index >= 15 is 0 Å². The van der Waals surface area contributed by atoms with Crippen LogP contribution in [0.2, 0.25) is 0 Å². The number of hydrogen-bond donors (Lipinski definition) is 13. The Balaban J connectivity index is 1.67. The number of rotatable bonds is 9. The zero-order valence-electron chi connectivity index (χ0n) is 22.5. The Labute approximate surface area is 243 Å². The Kier molecular flexibility index (Phi) is 12.0. The molecule has 1 unspecified atom stereocenters. The maximum absolute atomic E-state index is 11.1. The van der Waals surface area contributed by atoms with Crippen molar-refractivity contribution >= 4 is 0 Å².